The van der Waals surface area contributed by atoms with Crippen molar-refractivity contribution in [3.05, 3.63) is 41.9 Å². The number of rotatable bonds is 3. The number of nitrogens with one attached hydrogen (secondary N) is 2. The molecule has 1 aromatic carbocycles. The van der Waals surface area contributed by atoms with E-state index in [4.69, 9.17) is 4.42 Å². The molecule has 0 bridgehead atoms. The van der Waals surface area contributed by atoms with Gasteiger partial charge in [0.15, 0.2) is 12.2 Å². The Kier molecular flexibility index (Phi) is 2.53. The molecule has 0 saturated heterocycles. The van der Waals surface area contributed by atoms with Gasteiger partial charge in [0.1, 0.15) is 5.82 Å². The minimum atomic E-state index is -0.396. The summed E-state index contributed by atoms with van der Waals surface area (Å²) < 4.78 is 18.3. The molecule has 2 N–H and O–H groups in total. The van der Waals surface area contributed by atoms with Crippen LogP contribution in [0.25, 0.3) is 10.9 Å². The smallest absolute Gasteiger partial charge is 0.294 e. The highest BCUT2D eigenvalue weighted by atomic mass is 19.1. The summed E-state index contributed by atoms with van der Waals surface area (Å²) >= 11 is 0. The molecule has 0 aliphatic heterocycles. The van der Waals surface area contributed by atoms with Crippen LogP contribution in [0.5, 0.6) is 0 Å². The Bertz CT molecular complexity index is 834. The van der Waals surface area contributed by atoms with E-state index in [1.165, 1.54) is 18.5 Å². The van der Waals surface area contributed by atoms with Gasteiger partial charge in [0.05, 0.1) is 11.2 Å². The number of carbonyl (C=O) groups is 1. The molecule has 106 valence electrons. The zero-order chi connectivity index (χ0) is 14.4. The summed E-state index contributed by atoms with van der Waals surface area (Å²) in [4.78, 5) is 16.4. The summed E-state index contributed by atoms with van der Waals surface area (Å²) in [6.45, 7) is 0. The SMILES string of the molecule is O=C(Nc1n[nH]c2cc(F)ccc12)c1ocnc1C1CC1. The summed E-state index contributed by atoms with van der Waals surface area (Å²) in [5.74, 6) is 0.112. The molecule has 0 atom stereocenters. The van der Waals surface area contributed by atoms with Crippen LogP contribution in [0.2, 0.25) is 0 Å². The molecule has 7 heteroatoms. The first-order valence-corrected chi connectivity index (χ1v) is 6.61. The fourth-order valence-corrected chi connectivity index (χ4v) is 2.32. The quantitative estimate of drug-likeness (QED) is 0.775. The molecule has 1 aliphatic rings. The van der Waals surface area contributed by atoms with Gasteiger partial charge in [0, 0.05) is 11.3 Å². The molecule has 0 spiro atoms. The van der Waals surface area contributed by atoms with Crippen molar-refractivity contribution in [2.75, 3.05) is 5.32 Å². The number of amides is 1. The predicted molar refractivity (Wildman–Crippen MR) is 72.5 cm³/mol. The third-order valence-electron chi connectivity index (χ3n) is 3.52. The van der Waals surface area contributed by atoms with Crippen molar-refractivity contribution in [2.45, 2.75) is 18.8 Å². The number of anilines is 1. The molecule has 1 fully saturated rings. The normalized spacial score (nSPS) is 14.5. The van der Waals surface area contributed by atoms with Crippen LogP contribution in [0.3, 0.4) is 0 Å². The van der Waals surface area contributed by atoms with Crippen molar-refractivity contribution in [3.8, 4) is 0 Å². The van der Waals surface area contributed by atoms with Gasteiger partial charge in [-0.25, -0.2) is 9.37 Å². The molecule has 21 heavy (non-hydrogen) atoms. The van der Waals surface area contributed by atoms with Crippen LogP contribution in [-0.2, 0) is 0 Å². The van der Waals surface area contributed by atoms with Gasteiger partial charge in [-0.05, 0) is 31.0 Å². The molecule has 3 aromatic rings. The van der Waals surface area contributed by atoms with Crippen LogP contribution in [0.4, 0.5) is 10.2 Å². The molecule has 4 rings (SSSR count). The summed E-state index contributed by atoms with van der Waals surface area (Å²) in [5, 5.41) is 9.98. The molecular weight excluding hydrogens is 275 g/mol. The van der Waals surface area contributed by atoms with Crippen LogP contribution in [0, 0.1) is 5.82 Å². The first-order valence-electron chi connectivity index (χ1n) is 6.61. The minimum Gasteiger partial charge on any atom is -0.438 e. The monoisotopic (exact) mass is 286 g/mol. The van der Waals surface area contributed by atoms with Crippen LogP contribution < -0.4 is 5.32 Å². The van der Waals surface area contributed by atoms with Crippen molar-refractivity contribution in [2.24, 2.45) is 0 Å². The maximum atomic E-state index is 13.1. The third-order valence-corrected chi connectivity index (χ3v) is 3.52. The van der Waals surface area contributed by atoms with E-state index in [2.05, 4.69) is 20.5 Å². The summed E-state index contributed by atoms with van der Waals surface area (Å²) in [6, 6.07) is 4.20. The lowest BCUT2D eigenvalue weighted by atomic mass is 10.2. The fourth-order valence-electron chi connectivity index (χ4n) is 2.32. The second-order valence-electron chi connectivity index (χ2n) is 5.06. The van der Waals surface area contributed by atoms with Gasteiger partial charge < -0.3 is 9.73 Å². The molecule has 0 radical (unpaired) electrons. The van der Waals surface area contributed by atoms with Gasteiger partial charge in [0.2, 0.25) is 5.76 Å². The highest BCUT2D eigenvalue weighted by molar-refractivity contribution is 6.06. The van der Waals surface area contributed by atoms with Gasteiger partial charge >= 0.3 is 0 Å². The Morgan fingerprint density at radius 2 is 2.29 bits per heavy atom. The Morgan fingerprint density at radius 1 is 1.43 bits per heavy atom. The lowest BCUT2D eigenvalue weighted by Gasteiger charge is -2.01. The standard InChI is InChI=1S/C14H11FN4O2/c15-8-3-4-9-10(5-8)18-19-13(9)17-14(20)12-11(7-1-2-7)16-6-21-12/h3-7H,1-2H2,(H2,17,18,19,20). The highest BCUT2D eigenvalue weighted by Crippen LogP contribution is 2.40. The summed E-state index contributed by atoms with van der Waals surface area (Å²) in [7, 11) is 0. The number of hydrogen-bond acceptors (Lipinski definition) is 4. The maximum Gasteiger partial charge on any atom is 0.294 e. The number of oxazole rings is 1. The van der Waals surface area contributed by atoms with Crippen LogP contribution >= 0.6 is 0 Å². The van der Waals surface area contributed by atoms with Crippen molar-refractivity contribution < 1.29 is 13.6 Å². The Hall–Kier alpha value is -2.70. The number of hydrogen-bond donors (Lipinski definition) is 2. The average molecular weight is 286 g/mol. The minimum absolute atomic E-state index is 0.218. The van der Waals surface area contributed by atoms with E-state index in [0.29, 0.717) is 28.3 Å². The van der Waals surface area contributed by atoms with Crippen molar-refractivity contribution in [1.82, 2.24) is 15.2 Å². The largest absolute Gasteiger partial charge is 0.438 e. The Labute approximate surface area is 118 Å². The lowest BCUT2D eigenvalue weighted by molar-refractivity contribution is 0.0995. The number of aromatic nitrogens is 3. The van der Waals surface area contributed by atoms with E-state index < -0.39 is 5.91 Å². The van der Waals surface area contributed by atoms with E-state index in [9.17, 15) is 9.18 Å². The first-order chi connectivity index (χ1) is 10.2. The van der Waals surface area contributed by atoms with E-state index in [1.54, 1.807) is 6.07 Å². The van der Waals surface area contributed by atoms with Crippen LogP contribution in [-0.4, -0.2) is 21.1 Å². The van der Waals surface area contributed by atoms with Crippen molar-refractivity contribution >= 4 is 22.6 Å². The number of halogens is 1. The van der Waals surface area contributed by atoms with E-state index in [1.807, 2.05) is 0 Å². The Balaban J connectivity index is 1.64. The highest BCUT2D eigenvalue weighted by Gasteiger charge is 2.32. The molecule has 2 aromatic heterocycles. The molecule has 2 heterocycles. The van der Waals surface area contributed by atoms with Gasteiger partial charge in [-0.1, -0.05) is 0 Å². The topological polar surface area (TPSA) is 83.8 Å². The van der Waals surface area contributed by atoms with E-state index >= 15 is 0 Å². The maximum absolute atomic E-state index is 13.1. The lowest BCUT2D eigenvalue weighted by Crippen LogP contribution is -2.13. The second kappa shape index (κ2) is 4.41. The van der Waals surface area contributed by atoms with Crippen LogP contribution in [0.15, 0.2) is 29.0 Å². The number of benzene rings is 1. The third kappa shape index (κ3) is 2.06. The van der Waals surface area contributed by atoms with E-state index in [-0.39, 0.29) is 11.6 Å². The predicted octanol–water partition coefficient (Wildman–Crippen LogP) is 2.82. The van der Waals surface area contributed by atoms with Crippen molar-refractivity contribution in [1.29, 1.82) is 0 Å². The van der Waals surface area contributed by atoms with Gasteiger partial charge in [-0.3, -0.25) is 9.89 Å². The number of H-pyrrole nitrogens is 1. The Morgan fingerprint density at radius 3 is 3.10 bits per heavy atom. The number of nitrogens with zero attached hydrogens (tertiary/aromatic N) is 2. The summed E-state index contributed by atoms with van der Waals surface area (Å²) in [5.41, 5.74) is 1.21. The zero-order valence-corrected chi connectivity index (χ0v) is 10.9. The van der Waals surface area contributed by atoms with Gasteiger partial charge in [0.25, 0.3) is 5.91 Å². The van der Waals surface area contributed by atoms with E-state index in [0.717, 1.165) is 12.8 Å². The van der Waals surface area contributed by atoms with Gasteiger partial charge in [-0.2, -0.15) is 5.10 Å². The number of aromatic amines is 1. The van der Waals surface area contributed by atoms with Gasteiger partial charge in [-0.15, -0.1) is 0 Å². The molecule has 1 amide bonds. The fraction of sp³-hybridized carbons (Fsp3) is 0.214. The number of carbonyl (C=O) groups excluding carboxylic acids is 1. The number of fused-ring (bicyclic) bond motifs is 1. The molecule has 0 unspecified atom stereocenters. The van der Waals surface area contributed by atoms with Crippen LogP contribution in [0.1, 0.15) is 35.0 Å². The average Bonchev–Trinajstić information content (AvgIpc) is 3.07. The molecule has 1 aliphatic carbocycles. The zero-order valence-electron chi connectivity index (χ0n) is 10.9. The molecular formula is C14H11FN4O2. The second-order valence-corrected chi connectivity index (χ2v) is 5.06. The first kappa shape index (κ1) is 12.1. The molecule has 1 saturated carbocycles. The van der Waals surface area contributed by atoms with Crippen molar-refractivity contribution in [3.63, 3.8) is 0 Å². The molecule has 6 nitrogen and oxygen atoms in total. The summed E-state index contributed by atoms with van der Waals surface area (Å²) in [6.07, 6.45) is 3.33.